The molecule has 0 radical (unpaired) electrons. The van der Waals surface area contributed by atoms with E-state index in [1.54, 1.807) is 0 Å². The maximum absolute atomic E-state index is 12.2. The van der Waals surface area contributed by atoms with Crippen molar-refractivity contribution in [2.75, 3.05) is 5.73 Å². The Morgan fingerprint density at radius 3 is 2.69 bits per heavy atom. The number of nitriles is 1. The van der Waals surface area contributed by atoms with Gasteiger partial charge >= 0.3 is 0 Å². The number of rotatable bonds is 1. The van der Waals surface area contributed by atoms with Crippen molar-refractivity contribution in [2.45, 2.75) is 6.43 Å². The summed E-state index contributed by atoms with van der Waals surface area (Å²) >= 11 is 0. The Balaban J connectivity index is 3.41. The third-order valence-corrected chi connectivity index (χ3v) is 1.46. The monoisotopic (exact) mass is 185 g/mol. The van der Waals surface area contributed by atoms with Gasteiger partial charge in [0.15, 0.2) is 11.6 Å². The summed E-state index contributed by atoms with van der Waals surface area (Å²) in [5, 5.41) is 17.5. The van der Waals surface area contributed by atoms with Crippen LogP contribution in [0.15, 0.2) is 6.20 Å². The van der Waals surface area contributed by atoms with Crippen molar-refractivity contribution < 1.29 is 13.9 Å². The zero-order valence-corrected chi connectivity index (χ0v) is 6.33. The fourth-order valence-corrected chi connectivity index (χ4v) is 0.813. The van der Waals surface area contributed by atoms with E-state index in [0.29, 0.717) is 0 Å². The van der Waals surface area contributed by atoms with E-state index in [9.17, 15) is 8.78 Å². The normalized spacial score (nSPS) is 10.0. The average molecular weight is 185 g/mol. The van der Waals surface area contributed by atoms with E-state index in [1.165, 1.54) is 6.07 Å². The summed E-state index contributed by atoms with van der Waals surface area (Å²) in [5.41, 5.74) is 3.97. The van der Waals surface area contributed by atoms with Crippen molar-refractivity contribution in [3.63, 3.8) is 0 Å². The molecule has 0 spiro atoms. The first kappa shape index (κ1) is 9.19. The Morgan fingerprint density at radius 1 is 1.62 bits per heavy atom. The highest BCUT2D eigenvalue weighted by molar-refractivity contribution is 5.58. The second kappa shape index (κ2) is 3.23. The number of hydrogen-bond donors (Lipinski definition) is 2. The van der Waals surface area contributed by atoms with Gasteiger partial charge in [0.1, 0.15) is 11.6 Å². The van der Waals surface area contributed by atoms with E-state index in [1.807, 2.05) is 0 Å². The number of nitrogen functional groups attached to an aromatic ring is 1. The Hall–Kier alpha value is -1.90. The second-order valence-corrected chi connectivity index (χ2v) is 2.23. The van der Waals surface area contributed by atoms with Crippen LogP contribution in [-0.2, 0) is 0 Å². The average Bonchev–Trinajstić information content (AvgIpc) is 2.09. The van der Waals surface area contributed by atoms with Crippen LogP contribution >= 0.6 is 0 Å². The minimum atomic E-state index is -2.85. The third kappa shape index (κ3) is 1.49. The van der Waals surface area contributed by atoms with Crippen molar-refractivity contribution in [3.8, 4) is 11.8 Å². The topological polar surface area (TPSA) is 82.9 Å². The van der Waals surface area contributed by atoms with Crippen molar-refractivity contribution in [1.82, 2.24) is 4.98 Å². The molecule has 0 aliphatic heterocycles. The molecular formula is C7H5F2N3O. The fraction of sp³-hybridized carbons (Fsp3) is 0.143. The smallest absolute Gasteiger partial charge is 0.266 e. The first-order valence-electron chi connectivity index (χ1n) is 3.23. The van der Waals surface area contributed by atoms with Crippen LogP contribution in [0.2, 0.25) is 0 Å². The molecule has 0 aliphatic rings. The largest absolute Gasteiger partial charge is 0.503 e. The second-order valence-electron chi connectivity index (χ2n) is 2.23. The number of nitrogens with two attached hydrogens (primary N) is 1. The summed E-state index contributed by atoms with van der Waals surface area (Å²) in [6, 6.07) is 1.44. The minimum absolute atomic E-state index is 0.332. The van der Waals surface area contributed by atoms with E-state index in [4.69, 9.17) is 16.1 Å². The molecule has 0 saturated heterocycles. The van der Waals surface area contributed by atoms with Gasteiger partial charge in [-0.25, -0.2) is 13.8 Å². The van der Waals surface area contributed by atoms with Gasteiger partial charge in [0.2, 0.25) is 0 Å². The molecule has 0 unspecified atom stereocenters. The van der Waals surface area contributed by atoms with Gasteiger partial charge in [-0.15, -0.1) is 0 Å². The molecular weight excluding hydrogens is 180 g/mol. The van der Waals surface area contributed by atoms with Crippen molar-refractivity contribution in [3.05, 3.63) is 17.3 Å². The predicted molar refractivity (Wildman–Crippen MR) is 40.0 cm³/mol. The summed E-state index contributed by atoms with van der Waals surface area (Å²) in [7, 11) is 0. The number of aromatic hydroxyl groups is 1. The van der Waals surface area contributed by atoms with Crippen molar-refractivity contribution in [1.29, 1.82) is 5.26 Å². The molecule has 68 valence electrons. The van der Waals surface area contributed by atoms with E-state index >= 15 is 0 Å². The molecule has 1 heterocycles. The molecule has 0 atom stereocenters. The molecule has 0 fully saturated rings. The van der Waals surface area contributed by atoms with Crippen LogP contribution in [-0.4, -0.2) is 10.1 Å². The highest BCUT2D eigenvalue weighted by Crippen LogP contribution is 2.30. The Bertz CT molecular complexity index is 373. The van der Waals surface area contributed by atoms with E-state index in [0.717, 1.165) is 6.20 Å². The SMILES string of the molecule is N#Cc1c(C(F)F)cnc(N)c1O. The summed E-state index contributed by atoms with van der Waals surface area (Å²) in [4.78, 5) is 3.31. The van der Waals surface area contributed by atoms with Gasteiger partial charge in [-0.05, 0) is 0 Å². The van der Waals surface area contributed by atoms with Gasteiger partial charge in [-0.1, -0.05) is 0 Å². The first-order valence-corrected chi connectivity index (χ1v) is 3.23. The third-order valence-electron chi connectivity index (χ3n) is 1.46. The van der Waals surface area contributed by atoms with Crippen LogP contribution in [0.25, 0.3) is 0 Å². The van der Waals surface area contributed by atoms with Gasteiger partial charge in [0.25, 0.3) is 6.43 Å². The molecule has 0 saturated carbocycles. The number of halogens is 2. The predicted octanol–water partition coefficient (Wildman–Crippen LogP) is 1.18. The summed E-state index contributed by atoms with van der Waals surface area (Å²) in [5.74, 6) is -1.03. The zero-order valence-electron chi connectivity index (χ0n) is 6.33. The molecule has 0 aromatic carbocycles. The molecule has 1 aromatic rings. The summed E-state index contributed by atoms with van der Waals surface area (Å²) in [6.07, 6.45) is -2.08. The fourth-order valence-electron chi connectivity index (χ4n) is 0.813. The van der Waals surface area contributed by atoms with E-state index in [2.05, 4.69) is 4.98 Å². The van der Waals surface area contributed by atoms with Gasteiger partial charge in [-0.2, -0.15) is 5.26 Å². The maximum atomic E-state index is 12.2. The lowest BCUT2D eigenvalue weighted by Gasteiger charge is -2.04. The van der Waals surface area contributed by atoms with Crippen LogP contribution in [0.5, 0.6) is 5.75 Å². The Morgan fingerprint density at radius 2 is 2.23 bits per heavy atom. The first-order chi connectivity index (χ1) is 6.07. The molecule has 0 aliphatic carbocycles. The minimum Gasteiger partial charge on any atom is -0.503 e. The van der Waals surface area contributed by atoms with Gasteiger partial charge in [0, 0.05) is 6.20 Å². The maximum Gasteiger partial charge on any atom is 0.266 e. The summed E-state index contributed by atoms with van der Waals surface area (Å²) in [6.45, 7) is 0. The molecule has 1 rings (SSSR count). The zero-order chi connectivity index (χ0) is 10.0. The number of anilines is 1. The molecule has 1 aromatic heterocycles. The lowest BCUT2D eigenvalue weighted by molar-refractivity contribution is 0.150. The molecule has 3 N–H and O–H groups in total. The van der Waals surface area contributed by atoms with Crippen LogP contribution in [0.4, 0.5) is 14.6 Å². The lowest BCUT2D eigenvalue weighted by atomic mass is 10.1. The molecule has 0 bridgehead atoms. The van der Waals surface area contributed by atoms with Gasteiger partial charge in [0.05, 0.1) is 5.56 Å². The van der Waals surface area contributed by atoms with Crippen LogP contribution < -0.4 is 5.73 Å². The highest BCUT2D eigenvalue weighted by Gasteiger charge is 2.18. The molecule has 13 heavy (non-hydrogen) atoms. The lowest BCUT2D eigenvalue weighted by Crippen LogP contribution is -1.98. The number of nitrogens with zero attached hydrogens (tertiary/aromatic N) is 2. The number of pyridine rings is 1. The van der Waals surface area contributed by atoms with E-state index in [-0.39, 0.29) is 5.82 Å². The number of aromatic nitrogens is 1. The quantitative estimate of drug-likeness (QED) is 0.688. The molecule has 6 heteroatoms. The van der Waals surface area contributed by atoms with Gasteiger partial charge < -0.3 is 10.8 Å². The molecule has 0 amide bonds. The van der Waals surface area contributed by atoms with Crippen molar-refractivity contribution in [2.24, 2.45) is 0 Å². The molecule has 4 nitrogen and oxygen atoms in total. The Labute approximate surface area is 72.2 Å². The summed E-state index contributed by atoms with van der Waals surface area (Å²) < 4.78 is 24.4. The number of alkyl halides is 2. The standard InChI is InChI=1S/C7H5F2N3O/c8-6(9)4-2-12-7(11)5(13)3(4)1-10/h2,6,13H,(H2,11,12). The van der Waals surface area contributed by atoms with Crippen LogP contribution in [0.1, 0.15) is 17.6 Å². The Kier molecular flexibility index (Phi) is 2.28. The van der Waals surface area contributed by atoms with Crippen molar-refractivity contribution >= 4 is 5.82 Å². The van der Waals surface area contributed by atoms with Crippen LogP contribution in [0.3, 0.4) is 0 Å². The van der Waals surface area contributed by atoms with E-state index < -0.39 is 23.3 Å². The highest BCUT2D eigenvalue weighted by atomic mass is 19.3. The van der Waals surface area contributed by atoms with Crippen LogP contribution in [0, 0.1) is 11.3 Å². The van der Waals surface area contributed by atoms with Gasteiger partial charge in [-0.3, -0.25) is 0 Å². The number of hydrogen-bond acceptors (Lipinski definition) is 4.